The lowest BCUT2D eigenvalue weighted by atomic mass is 10.2. The maximum absolute atomic E-state index is 12.6. The van der Waals surface area contributed by atoms with Crippen LogP contribution in [0.2, 0.25) is 58.9 Å². The molecule has 8 heteroatoms. The highest BCUT2D eigenvalue weighted by atomic mass is 28.4. The molecule has 0 aromatic rings. The van der Waals surface area contributed by atoms with Gasteiger partial charge in [0, 0.05) is 0 Å². The molecule has 21 heavy (non-hydrogen) atoms. The monoisotopic (exact) mass is 348 g/mol. The molecule has 0 aliphatic carbocycles. The van der Waals surface area contributed by atoms with Crippen LogP contribution in [0.3, 0.4) is 0 Å². The first-order valence-corrected chi connectivity index (χ1v) is 17.7. The third kappa shape index (κ3) is 7.39. The molecular formula is C13H32N2O3Si3. The molecular weight excluding hydrogens is 316 g/mol. The standard InChI is InChI=1S/C13H32N2O3Si3/c1-19(2,3)15(20(4,5)6)11(10-12(14)16)13(17)18-21(7,8)9/h11H,10H2,1-9H3,(H2,14,16)/t11-/m0/s1. The maximum Gasteiger partial charge on any atom is 0.309 e. The van der Waals surface area contributed by atoms with Gasteiger partial charge < -0.3 is 14.4 Å². The smallest absolute Gasteiger partial charge is 0.309 e. The van der Waals surface area contributed by atoms with Gasteiger partial charge in [0.2, 0.25) is 14.2 Å². The zero-order valence-corrected chi connectivity index (χ0v) is 18.0. The fourth-order valence-corrected chi connectivity index (χ4v) is 13.8. The molecule has 5 nitrogen and oxygen atoms in total. The van der Waals surface area contributed by atoms with E-state index in [1.807, 2.05) is 19.6 Å². The van der Waals surface area contributed by atoms with Crippen LogP contribution >= 0.6 is 0 Å². The van der Waals surface area contributed by atoms with Crippen LogP contribution in [0.15, 0.2) is 0 Å². The zero-order valence-electron chi connectivity index (χ0n) is 15.0. The summed E-state index contributed by atoms with van der Waals surface area (Å²) in [6.07, 6.45) is 0.0395. The predicted octanol–water partition coefficient (Wildman–Crippen LogP) is 2.58. The summed E-state index contributed by atoms with van der Waals surface area (Å²) in [5.41, 5.74) is 5.39. The van der Waals surface area contributed by atoms with E-state index in [0.29, 0.717) is 0 Å². The predicted molar refractivity (Wildman–Crippen MR) is 95.6 cm³/mol. The largest absolute Gasteiger partial charge is 0.519 e. The number of carbonyl (C=O) groups is 2. The number of primary amides is 1. The van der Waals surface area contributed by atoms with Crippen molar-refractivity contribution in [2.24, 2.45) is 5.73 Å². The van der Waals surface area contributed by atoms with E-state index < -0.39 is 36.7 Å². The van der Waals surface area contributed by atoms with E-state index in [1.54, 1.807) is 0 Å². The van der Waals surface area contributed by atoms with E-state index in [9.17, 15) is 9.59 Å². The summed E-state index contributed by atoms with van der Waals surface area (Å²) in [6, 6.07) is -0.535. The van der Waals surface area contributed by atoms with Crippen molar-refractivity contribution in [3.63, 3.8) is 0 Å². The first-order chi connectivity index (χ1) is 9.05. The third-order valence-electron chi connectivity index (χ3n) is 2.83. The second-order valence-electron chi connectivity index (χ2n) is 8.43. The van der Waals surface area contributed by atoms with Gasteiger partial charge in [-0.2, -0.15) is 0 Å². The number of nitrogens with two attached hydrogens (primary N) is 1. The van der Waals surface area contributed by atoms with Gasteiger partial charge in [0.1, 0.15) is 22.5 Å². The molecule has 0 rings (SSSR count). The Balaban J connectivity index is 5.65. The lowest BCUT2D eigenvalue weighted by molar-refractivity contribution is -0.140. The Bertz CT molecular complexity index is 381. The Labute approximate surface area is 132 Å². The highest BCUT2D eigenvalue weighted by molar-refractivity contribution is 6.89. The molecule has 0 unspecified atom stereocenters. The minimum absolute atomic E-state index is 0.0395. The number of carbonyl (C=O) groups excluding carboxylic acids is 2. The van der Waals surface area contributed by atoms with Crippen LogP contribution in [0.4, 0.5) is 0 Å². The molecule has 0 saturated heterocycles. The number of rotatable bonds is 7. The summed E-state index contributed by atoms with van der Waals surface area (Å²) in [5.74, 6) is -0.730. The quantitative estimate of drug-likeness (QED) is 0.718. The van der Waals surface area contributed by atoms with Crippen LogP contribution in [0.1, 0.15) is 6.42 Å². The number of hydrogen-bond donors (Lipinski definition) is 1. The van der Waals surface area contributed by atoms with Crippen molar-refractivity contribution in [3.8, 4) is 0 Å². The van der Waals surface area contributed by atoms with E-state index in [2.05, 4.69) is 43.5 Å². The molecule has 1 atom stereocenters. The van der Waals surface area contributed by atoms with Crippen molar-refractivity contribution >= 4 is 36.7 Å². The van der Waals surface area contributed by atoms with Crippen molar-refractivity contribution in [1.82, 2.24) is 4.23 Å². The van der Waals surface area contributed by atoms with Crippen LogP contribution < -0.4 is 5.73 Å². The Morgan fingerprint density at radius 3 is 1.57 bits per heavy atom. The van der Waals surface area contributed by atoms with Gasteiger partial charge in [0.25, 0.3) is 0 Å². The number of hydrogen-bond acceptors (Lipinski definition) is 4. The van der Waals surface area contributed by atoms with E-state index in [4.69, 9.17) is 10.2 Å². The van der Waals surface area contributed by atoms with Gasteiger partial charge in [-0.1, -0.05) is 39.3 Å². The SMILES string of the molecule is C[Si](C)(C)OC(=O)[C@H](CC(N)=O)N([Si](C)(C)C)[Si](C)(C)C. The Morgan fingerprint density at radius 1 is 0.952 bits per heavy atom. The zero-order chi connectivity index (χ0) is 17.2. The molecule has 1 amide bonds. The topological polar surface area (TPSA) is 72.6 Å². The fourth-order valence-electron chi connectivity index (χ4n) is 2.78. The lowest BCUT2D eigenvalue weighted by Crippen LogP contribution is -2.66. The number of nitrogens with zero attached hydrogens (tertiary/aromatic N) is 1. The van der Waals surface area contributed by atoms with E-state index >= 15 is 0 Å². The summed E-state index contributed by atoms with van der Waals surface area (Å²) in [6.45, 7) is 19.1. The summed E-state index contributed by atoms with van der Waals surface area (Å²) < 4.78 is 7.97. The minimum Gasteiger partial charge on any atom is -0.519 e. The molecule has 0 aliphatic rings. The molecule has 2 N–H and O–H groups in total. The van der Waals surface area contributed by atoms with Crippen LogP contribution in [-0.2, 0) is 14.0 Å². The first-order valence-electron chi connectivity index (χ1n) is 7.36. The average Bonchev–Trinajstić information content (AvgIpc) is 2.07. The van der Waals surface area contributed by atoms with E-state index in [-0.39, 0.29) is 12.4 Å². The molecule has 0 fully saturated rings. The molecule has 0 bridgehead atoms. The summed E-state index contributed by atoms with van der Waals surface area (Å²) in [4.78, 5) is 24.1. The molecule has 124 valence electrons. The van der Waals surface area contributed by atoms with Crippen LogP contribution in [0.25, 0.3) is 0 Å². The van der Waals surface area contributed by atoms with E-state index in [1.165, 1.54) is 0 Å². The summed E-state index contributed by atoms with van der Waals surface area (Å²) >= 11 is 0. The fraction of sp³-hybridized carbons (Fsp3) is 0.846. The maximum atomic E-state index is 12.6. The molecule has 0 heterocycles. The molecule has 0 aliphatic heterocycles. The van der Waals surface area contributed by atoms with Gasteiger partial charge in [0.05, 0.1) is 6.42 Å². The van der Waals surface area contributed by atoms with Crippen LogP contribution in [0, 0.1) is 0 Å². The Hall–Kier alpha value is -0.449. The first kappa shape index (κ1) is 20.6. The molecule has 0 radical (unpaired) electrons. The summed E-state index contributed by atoms with van der Waals surface area (Å²) in [7, 11) is -5.57. The van der Waals surface area contributed by atoms with Gasteiger partial charge in [0.15, 0.2) is 0 Å². The van der Waals surface area contributed by atoms with Crippen molar-refractivity contribution in [1.29, 1.82) is 0 Å². The highest BCUT2D eigenvalue weighted by Crippen LogP contribution is 2.26. The van der Waals surface area contributed by atoms with Crippen molar-refractivity contribution < 1.29 is 14.0 Å². The normalized spacial score (nSPS) is 15.0. The van der Waals surface area contributed by atoms with Gasteiger partial charge in [-0.15, -0.1) is 0 Å². The molecule has 0 aromatic heterocycles. The second-order valence-corrected chi connectivity index (χ2v) is 23.0. The van der Waals surface area contributed by atoms with Crippen molar-refractivity contribution in [2.45, 2.75) is 71.4 Å². The third-order valence-corrected chi connectivity index (χ3v) is 11.2. The molecule has 0 saturated carbocycles. The minimum atomic E-state index is -2.00. The molecule has 0 aromatic carbocycles. The molecule has 0 spiro atoms. The number of amides is 1. The van der Waals surface area contributed by atoms with Crippen molar-refractivity contribution in [3.05, 3.63) is 0 Å². The summed E-state index contributed by atoms with van der Waals surface area (Å²) in [5, 5.41) is 0. The highest BCUT2D eigenvalue weighted by Gasteiger charge is 2.44. The van der Waals surface area contributed by atoms with Gasteiger partial charge in [-0.05, 0) is 19.6 Å². The van der Waals surface area contributed by atoms with Gasteiger partial charge in [-0.3, -0.25) is 9.59 Å². The average molecular weight is 349 g/mol. The van der Waals surface area contributed by atoms with Gasteiger partial charge in [-0.25, -0.2) is 0 Å². The van der Waals surface area contributed by atoms with E-state index in [0.717, 1.165) is 0 Å². The Kier molecular flexibility index (Phi) is 6.61. The van der Waals surface area contributed by atoms with Crippen LogP contribution in [-0.4, -0.2) is 46.9 Å². The van der Waals surface area contributed by atoms with Gasteiger partial charge >= 0.3 is 5.97 Å². The van der Waals surface area contributed by atoms with Crippen molar-refractivity contribution in [2.75, 3.05) is 0 Å². The van der Waals surface area contributed by atoms with Crippen LogP contribution in [0.5, 0.6) is 0 Å². The second kappa shape index (κ2) is 6.76. The lowest BCUT2D eigenvalue weighted by Gasteiger charge is -2.47. The Morgan fingerprint density at radius 2 is 1.33 bits per heavy atom.